The molecular weight excluding hydrogens is 234 g/mol. The minimum atomic E-state index is 0.0992. The lowest BCUT2D eigenvalue weighted by atomic mass is 10.1. The van der Waals surface area contributed by atoms with Crippen molar-refractivity contribution in [1.82, 2.24) is 15.1 Å². The van der Waals surface area contributed by atoms with E-state index in [2.05, 4.69) is 15.1 Å². The molecule has 0 spiro atoms. The highest BCUT2D eigenvalue weighted by atomic mass is 16.5. The van der Waals surface area contributed by atoms with Crippen LogP contribution in [0.25, 0.3) is 0 Å². The molecule has 2 rings (SSSR count). The number of aromatic nitrogens is 2. The van der Waals surface area contributed by atoms with E-state index in [9.17, 15) is 0 Å². The lowest BCUT2D eigenvalue weighted by molar-refractivity contribution is -0.0102. The van der Waals surface area contributed by atoms with Crippen LogP contribution in [0, 0.1) is 0 Å². The SMILES string of the molecule is CCc1nnc(CN2CCC(OCCO)CC2)o1. The van der Waals surface area contributed by atoms with Crippen molar-refractivity contribution in [1.29, 1.82) is 0 Å². The Morgan fingerprint density at radius 1 is 1.33 bits per heavy atom. The van der Waals surface area contributed by atoms with E-state index in [-0.39, 0.29) is 12.7 Å². The third-order valence-corrected chi connectivity index (χ3v) is 3.15. The van der Waals surface area contributed by atoms with Crippen LogP contribution < -0.4 is 0 Å². The van der Waals surface area contributed by atoms with Crippen LogP contribution in [0.3, 0.4) is 0 Å². The zero-order chi connectivity index (χ0) is 12.8. The minimum Gasteiger partial charge on any atom is -0.424 e. The molecule has 1 fully saturated rings. The van der Waals surface area contributed by atoms with Gasteiger partial charge in [-0.2, -0.15) is 0 Å². The number of piperidine rings is 1. The Morgan fingerprint density at radius 3 is 2.67 bits per heavy atom. The number of nitrogens with zero attached hydrogens (tertiary/aromatic N) is 3. The van der Waals surface area contributed by atoms with Gasteiger partial charge in [0.1, 0.15) is 0 Å². The quantitative estimate of drug-likeness (QED) is 0.803. The maximum Gasteiger partial charge on any atom is 0.230 e. The maximum absolute atomic E-state index is 8.71. The van der Waals surface area contributed by atoms with Crippen LogP contribution in [-0.2, 0) is 17.7 Å². The number of rotatable bonds is 6. The summed E-state index contributed by atoms with van der Waals surface area (Å²) >= 11 is 0. The van der Waals surface area contributed by atoms with E-state index in [1.807, 2.05) is 6.92 Å². The standard InChI is InChI=1S/C12H21N3O3/c1-2-11-13-14-12(18-11)9-15-5-3-10(4-6-15)17-8-7-16/h10,16H,2-9H2,1H3. The Labute approximate surface area is 107 Å². The highest BCUT2D eigenvalue weighted by Gasteiger charge is 2.21. The van der Waals surface area contributed by atoms with Crippen molar-refractivity contribution >= 4 is 0 Å². The van der Waals surface area contributed by atoms with Gasteiger partial charge in [0.2, 0.25) is 11.8 Å². The number of likely N-dealkylation sites (tertiary alicyclic amines) is 1. The van der Waals surface area contributed by atoms with E-state index in [1.165, 1.54) is 0 Å². The molecule has 0 radical (unpaired) electrons. The van der Waals surface area contributed by atoms with E-state index in [4.69, 9.17) is 14.3 Å². The van der Waals surface area contributed by atoms with Crippen molar-refractivity contribution in [2.24, 2.45) is 0 Å². The predicted octanol–water partition coefficient (Wildman–Crippen LogP) is 0.605. The fourth-order valence-electron chi connectivity index (χ4n) is 2.14. The van der Waals surface area contributed by atoms with Gasteiger partial charge in [-0.1, -0.05) is 6.92 Å². The molecule has 6 nitrogen and oxygen atoms in total. The molecule has 0 saturated carbocycles. The summed E-state index contributed by atoms with van der Waals surface area (Å²) in [6, 6.07) is 0. The Bertz CT molecular complexity index is 348. The molecule has 6 heteroatoms. The Hall–Kier alpha value is -0.980. The zero-order valence-corrected chi connectivity index (χ0v) is 10.8. The van der Waals surface area contributed by atoms with Gasteiger partial charge in [0.15, 0.2) is 0 Å². The first-order valence-corrected chi connectivity index (χ1v) is 6.58. The largest absolute Gasteiger partial charge is 0.424 e. The van der Waals surface area contributed by atoms with E-state index >= 15 is 0 Å². The molecule has 18 heavy (non-hydrogen) atoms. The molecule has 0 amide bonds. The van der Waals surface area contributed by atoms with Crippen LogP contribution in [0.15, 0.2) is 4.42 Å². The molecule has 1 aliphatic heterocycles. The lowest BCUT2D eigenvalue weighted by Crippen LogP contribution is -2.37. The van der Waals surface area contributed by atoms with Crippen LogP contribution in [0.1, 0.15) is 31.5 Å². The predicted molar refractivity (Wildman–Crippen MR) is 65.0 cm³/mol. The molecule has 0 aliphatic carbocycles. The molecule has 0 unspecified atom stereocenters. The maximum atomic E-state index is 8.71. The number of hydrogen-bond donors (Lipinski definition) is 1. The van der Waals surface area contributed by atoms with Gasteiger partial charge in [-0.3, -0.25) is 4.90 Å². The number of ether oxygens (including phenoxy) is 1. The van der Waals surface area contributed by atoms with Crippen molar-refractivity contribution < 1.29 is 14.3 Å². The first kappa shape index (κ1) is 13.5. The Kier molecular flexibility index (Phi) is 5.10. The van der Waals surface area contributed by atoms with E-state index in [1.54, 1.807) is 0 Å². The second kappa shape index (κ2) is 6.82. The van der Waals surface area contributed by atoms with Crippen LogP contribution >= 0.6 is 0 Å². The van der Waals surface area contributed by atoms with Gasteiger partial charge in [0, 0.05) is 19.5 Å². The molecule has 0 bridgehead atoms. The molecule has 2 heterocycles. The lowest BCUT2D eigenvalue weighted by Gasteiger charge is -2.30. The average Bonchev–Trinajstić information content (AvgIpc) is 2.86. The molecule has 0 aromatic carbocycles. The van der Waals surface area contributed by atoms with Crippen molar-refractivity contribution in [3.63, 3.8) is 0 Å². The van der Waals surface area contributed by atoms with Gasteiger partial charge < -0.3 is 14.3 Å². The van der Waals surface area contributed by atoms with E-state index < -0.39 is 0 Å². The second-order valence-electron chi connectivity index (χ2n) is 4.51. The van der Waals surface area contributed by atoms with Crippen molar-refractivity contribution in [2.45, 2.75) is 38.8 Å². The summed E-state index contributed by atoms with van der Waals surface area (Å²) in [5, 5.41) is 16.7. The first-order chi connectivity index (χ1) is 8.81. The van der Waals surface area contributed by atoms with Crippen molar-refractivity contribution in [2.75, 3.05) is 26.3 Å². The van der Waals surface area contributed by atoms with Gasteiger partial charge in [-0.25, -0.2) is 0 Å². The van der Waals surface area contributed by atoms with Gasteiger partial charge in [0.05, 0.1) is 25.9 Å². The highest BCUT2D eigenvalue weighted by Crippen LogP contribution is 2.15. The summed E-state index contributed by atoms with van der Waals surface area (Å²) in [4.78, 5) is 2.30. The Balaban J connectivity index is 1.73. The summed E-state index contributed by atoms with van der Waals surface area (Å²) in [5.74, 6) is 1.40. The third-order valence-electron chi connectivity index (χ3n) is 3.15. The van der Waals surface area contributed by atoms with Crippen LogP contribution in [0.4, 0.5) is 0 Å². The molecule has 102 valence electrons. The smallest absolute Gasteiger partial charge is 0.230 e. The normalized spacial score (nSPS) is 18.3. The summed E-state index contributed by atoms with van der Waals surface area (Å²) < 4.78 is 11.0. The third kappa shape index (κ3) is 3.76. The summed E-state index contributed by atoms with van der Waals surface area (Å²) in [5.41, 5.74) is 0. The van der Waals surface area contributed by atoms with E-state index in [0.717, 1.165) is 38.9 Å². The average molecular weight is 255 g/mol. The summed E-state index contributed by atoms with van der Waals surface area (Å²) in [6.45, 7) is 5.21. The fraction of sp³-hybridized carbons (Fsp3) is 0.833. The number of hydrogen-bond acceptors (Lipinski definition) is 6. The molecule has 1 aromatic heterocycles. The van der Waals surface area contributed by atoms with Crippen molar-refractivity contribution in [3.05, 3.63) is 11.8 Å². The molecular formula is C12H21N3O3. The molecule has 1 aliphatic rings. The van der Waals surface area contributed by atoms with Crippen LogP contribution in [-0.4, -0.2) is 52.6 Å². The fourth-order valence-corrected chi connectivity index (χ4v) is 2.14. The monoisotopic (exact) mass is 255 g/mol. The van der Waals surface area contributed by atoms with Crippen LogP contribution in [0.2, 0.25) is 0 Å². The highest BCUT2D eigenvalue weighted by molar-refractivity contribution is 4.83. The first-order valence-electron chi connectivity index (χ1n) is 6.58. The summed E-state index contributed by atoms with van der Waals surface area (Å²) in [6.07, 6.45) is 3.05. The van der Waals surface area contributed by atoms with Gasteiger partial charge in [0.25, 0.3) is 0 Å². The zero-order valence-electron chi connectivity index (χ0n) is 10.8. The topological polar surface area (TPSA) is 71.6 Å². The Morgan fingerprint density at radius 2 is 2.06 bits per heavy atom. The second-order valence-corrected chi connectivity index (χ2v) is 4.51. The molecule has 0 atom stereocenters. The van der Waals surface area contributed by atoms with Crippen LogP contribution in [0.5, 0.6) is 0 Å². The van der Waals surface area contributed by atoms with Gasteiger partial charge in [-0.05, 0) is 12.8 Å². The number of aliphatic hydroxyl groups excluding tert-OH is 1. The summed E-state index contributed by atoms with van der Waals surface area (Å²) in [7, 11) is 0. The van der Waals surface area contributed by atoms with Gasteiger partial charge >= 0.3 is 0 Å². The van der Waals surface area contributed by atoms with Crippen molar-refractivity contribution in [3.8, 4) is 0 Å². The number of aryl methyl sites for hydroxylation is 1. The molecule has 1 N–H and O–H groups in total. The number of aliphatic hydroxyl groups is 1. The van der Waals surface area contributed by atoms with Gasteiger partial charge in [-0.15, -0.1) is 10.2 Å². The molecule has 1 aromatic rings. The molecule has 1 saturated heterocycles. The minimum absolute atomic E-state index is 0.0992. The van der Waals surface area contributed by atoms with E-state index in [0.29, 0.717) is 18.4 Å².